The Kier molecular flexibility index (Phi) is 4.02. The Balaban J connectivity index is 1.75. The number of aliphatic imine (C=N–C) groups is 1. The number of fused-ring (bicyclic) bond motifs is 1. The molecule has 7 nitrogen and oxygen atoms in total. The van der Waals surface area contributed by atoms with Crippen LogP contribution in [-0.4, -0.2) is 31.0 Å². The summed E-state index contributed by atoms with van der Waals surface area (Å²) in [5.41, 5.74) is 2.67. The van der Waals surface area contributed by atoms with Crippen molar-refractivity contribution in [1.82, 2.24) is 15.0 Å². The first-order valence-corrected chi connectivity index (χ1v) is 8.53. The van der Waals surface area contributed by atoms with Gasteiger partial charge in [-0.2, -0.15) is 9.90 Å². The average Bonchev–Trinajstić information content (AvgIpc) is 3.04. The number of rotatable bonds is 3. The number of hydrogen-bond acceptors (Lipinski definition) is 6. The Morgan fingerprint density at radius 2 is 1.88 bits per heavy atom. The Hall–Kier alpha value is -3.00. The van der Waals surface area contributed by atoms with Crippen LogP contribution in [0, 0.1) is 10.1 Å². The van der Waals surface area contributed by atoms with E-state index in [2.05, 4.69) is 15.2 Å². The molecular weight excluding hydrogens is 338 g/mol. The van der Waals surface area contributed by atoms with Crippen LogP contribution in [0.4, 0.5) is 5.69 Å². The molecule has 1 unspecified atom stereocenters. The molecular formula is C17H13N5O2S. The first-order chi connectivity index (χ1) is 12.2. The van der Waals surface area contributed by atoms with Gasteiger partial charge in [0.2, 0.25) is 0 Å². The molecule has 25 heavy (non-hydrogen) atoms. The number of nitrogens with zero attached hydrogens (tertiary/aromatic N) is 5. The van der Waals surface area contributed by atoms with E-state index in [9.17, 15) is 10.1 Å². The topological polar surface area (TPSA) is 86.2 Å². The maximum absolute atomic E-state index is 11.4. The quantitative estimate of drug-likeness (QED) is 0.532. The van der Waals surface area contributed by atoms with Crippen LogP contribution in [0.1, 0.15) is 12.1 Å². The second kappa shape index (κ2) is 6.48. The monoisotopic (exact) mass is 351 g/mol. The van der Waals surface area contributed by atoms with Crippen molar-refractivity contribution in [3.63, 3.8) is 0 Å². The van der Waals surface area contributed by atoms with Gasteiger partial charge in [0.1, 0.15) is 5.69 Å². The highest BCUT2D eigenvalue weighted by molar-refractivity contribution is 8.00. The summed E-state index contributed by atoms with van der Waals surface area (Å²) in [5, 5.41) is 19.3. The van der Waals surface area contributed by atoms with Gasteiger partial charge >= 0.3 is 0 Å². The summed E-state index contributed by atoms with van der Waals surface area (Å²) >= 11 is 1.22. The third-order valence-corrected chi connectivity index (χ3v) is 4.97. The van der Waals surface area contributed by atoms with Crippen molar-refractivity contribution < 1.29 is 4.92 Å². The first-order valence-electron chi connectivity index (χ1n) is 7.65. The number of hydrogen-bond donors (Lipinski definition) is 0. The molecule has 0 N–H and O–H groups in total. The van der Waals surface area contributed by atoms with Gasteiger partial charge in [0.15, 0.2) is 0 Å². The van der Waals surface area contributed by atoms with Crippen LogP contribution >= 0.6 is 11.8 Å². The molecule has 0 aliphatic carbocycles. The van der Waals surface area contributed by atoms with Crippen molar-refractivity contribution in [2.45, 2.75) is 16.7 Å². The fourth-order valence-electron chi connectivity index (χ4n) is 2.55. The summed E-state index contributed by atoms with van der Waals surface area (Å²) in [6.07, 6.45) is 1.79. The lowest BCUT2D eigenvalue weighted by atomic mass is 10.2. The van der Waals surface area contributed by atoms with Crippen molar-refractivity contribution in [2.75, 3.05) is 0 Å². The zero-order valence-corrected chi connectivity index (χ0v) is 13.8. The van der Waals surface area contributed by atoms with Crippen molar-refractivity contribution in [3.05, 3.63) is 76.6 Å². The lowest BCUT2D eigenvalue weighted by molar-refractivity contribution is -0.493. The number of aromatic nitrogens is 3. The number of thioether (sulfide) groups is 1. The number of para-hydroxylation sites is 2. The van der Waals surface area contributed by atoms with Gasteiger partial charge in [-0.3, -0.25) is 10.1 Å². The minimum Gasteiger partial charge on any atom is -0.263 e. The van der Waals surface area contributed by atoms with Crippen molar-refractivity contribution in [2.24, 2.45) is 4.99 Å². The van der Waals surface area contributed by atoms with Gasteiger partial charge in [-0.1, -0.05) is 30.3 Å². The van der Waals surface area contributed by atoms with E-state index in [-0.39, 0.29) is 11.3 Å². The zero-order valence-electron chi connectivity index (χ0n) is 13.0. The van der Waals surface area contributed by atoms with Crippen LogP contribution in [0.3, 0.4) is 0 Å². The molecule has 124 valence electrons. The van der Waals surface area contributed by atoms with Crippen LogP contribution < -0.4 is 0 Å². The van der Waals surface area contributed by atoms with E-state index in [0.717, 1.165) is 16.3 Å². The van der Waals surface area contributed by atoms with Gasteiger partial charge in [0.25, 0.3) is 5.37 Å². The van der Waals surface area contributed by atoms with Gasteiger partial charge in [-0.15, -0.1) is 5.10 Å². The van der Waals surface area contributed by atoms with E-state index in [0.29, 0.717) is 11.4 Å². The molecule has 0 saturated carbocycles. The Morgan fingerprint density at radius 1 is 1.12 bits per heavy atom. The molecule has 3 aromatic rings. The molecule has 0 radical (unpaired) electrons. The smallest absolute Gasteiger partial charge is 0.263 e. The molecule has 1 aliphatic heterocycles. The maximum Gasteiger partial charge on any atom is 0.268 e. The predicted molar refractivity (Wildman–Crippen MR) is 95.3 cm³/mol. The summed E-state index contributed by atoms with van der Waals surface area (Å²) in [7, 11) is 0. The van der Waals surface area contributed by atoms with E-state index >= 15 is 0 Å². The minimum absolute atomic E-state index is 0.194. The fourth-order valence-corrected chi connectivity index (χ4v) is 3.57. The van der Waals surface area contributed by atoms with E-state index < -0.39 is 5.37 Å². The molecule has 0 bridgehead atoms. The molecule has 0 spiro atoms. The summed E-state index contributed by atoms with van der Waals surface area (Å²) in [6, 6.07) is 16.9. The van der Waals surface area contributed by atoms with Gasteiger partial charge in [-0.05, 0) is 36.0 Å². The fraction of sp³-hybridized carbons (Fsp3) is 0.118. The zero-order chi connectivity index (χ0) is 17.2. The minimum atomic E-state index is -0.802. The normalized spacial score (nSPS) is 16.6. The number of nitro groups is 1. The maximum atomic E-state index is 11.4. The number of benzene rings is 2. The highest BCUT2D eigenvalue weighted by Gasteiger charge is 2.30. The van der Waals surface area contributed by atoms with Crippen molar-refractivity contribution in [1.29, 1.82) is 0 Å². The summed E-state index contributed by atoms with van der Waals surface area (Å²) in [5.74, 6) is 0. The Bertz CT molecular complexity index is 954. The second-order valence-electron chi connectivity index (χ2n) is 5.44. The molecule has 1 aromatic heterocycles. The molecule has 2 heterocycles. The average molecular weight is 351 g/mol. The second-order valence-corrected chi connectivity index (χ2v) is 6.66. The van der Waals surface area contributed by atoms with Crippen LogP contribution in [-0.2, 0) is 0 Å². The molecule has 2 aromatic carbocycles. The van der Waals surface area contributed by atoms with E-state index in [1.54, 1.807) is 6.20 Å². The molecule has 0 fully saturated rings. The lowest BCUT2D eigenvalue weighted by Crippen LogP contribution is -2.19. The van der Waals surface area contributed by atoms with Gasteiger partial charge < -0.3 is 0 Å². The van der Waals surface area contributed by atoms with Crippen LogP contribution in [0.25, 0.3) is 5.69 Å². The first kappa shape index (κ1) is 15.5. The third kappa shape index (κ3) is 3.16. The summed E-state index contributed by atoms with van der Waals surface area (Å²) in [6.45, 7) is 0. The largest absolute Gasteiger partial charge is 0.268 e. The lowest BCUT2D eigenvalue weighted by Gasteiger charge is -2.06. The molecule has 1 aliphatic rings. The standard InChI is InChI=1S/C17H13N5O2S/c23-22(24)17-10-14(19-13-8-4-5-9-16(13)25-17)15-11-18-21(20-15)12-6-2-1-3-7-12/h1-9,11,17H,10H2. The van der Waals surface area contributed by atoms with E-state index in [4.69, 9.17) is 0 Å². The van der Waals surface area contributed by atoms with E-state index in [1.165, 1.54) is 16.6 Å². The predicted octanol–water partition coefficient (Wildman–Crippen LogP) is 3.49. The highest BCUT2D eigenvalue weighted by Crippen LogP contribution is 2.37. The molecule has 8 heteroatoms. The Labute approximate surface area is 147 Å². The van der Waals surface area contributed by atoms with Crippen LogP contribution in [0.2, 0.25) is 0 Å². The van der Waals surface area contributed by atoms with Crippen LogP contribution in [0.15, 0.2) is 70.7 Å². The van der Waals surface area contributed by atoms with Gasteiger partial charge in [-0.25, -0.2) is 4.99 Å². The molecule has 0 saturated heterocycles. The van der Waals surface area contributed by atoms with Gasteiger partial charge in [0.05, 0.1) is 29.7 Å². The van der Waals surface area contributed by atoms with Crippen molar-refractivity contribution in [3.8, 4) is 5.69 Å². The molecule has 0 amide bonds. The van der Waals surface area contributed by atoms with Crippen LogP contribution in [0.5, 0.6) is 0 Å². The molecule has 1 atom stereocenters. The van der Waals surface area contributed by atoms with Crippen molar-refractivity contribution >= 4 is 23.2 Å². The highest BCUT2D eigenvalue weighted by atomic mass is 32.2. The summed E-state index contributed by atoms with van der Waals surface area (Å²) < 4.78 is 0. The Morgan fingerprint density at radius 3 is 2.68 bits per heavy atom. The van der Waals surface area contributed by atoms with E-state index in [1.807, 2.05) is 54.6 Å². The SMILES string of the molecule is O=[N+]([O-])C1CC(c2cnn(-c3ccccc3)n2)=Nc2ccccc2S1. The third-order valence-electron chi connectivity index (χ3n) is 3.76. The van der Waals surface area contributed by atoms with Gasteiger partial charge in [0, 0.05) is 9.82 Å². The summed E-state index contributed by atoms with van der Waals surface area (Å²) in [4.78, 5) is 18.1. The molecule has 4 rings (SSSR count).